The summed E-state index contributed by atoms with van der Waals surface area (Å²) < 4.78 is 0. The molecule has 0 aliphatic carbocycles. The molecule has 1 fully saturated rings. The van der Waals surface area contributed by atoms with Gasteiger partial charge in [-0.2, -0.15) is 5.06 Å². The van der Waals surface area contributed by atoms with Gasteiger partial charge in [-0.1, -0.05) is 60.7 Å². The Balaban J connectivity index is 1.65. The highest BCUT2D eigenvalue weighted by Crippen LogP contribution is 2.39. The van der Waals surface area contributed by atoms with Crippen LogP contribution < -0.4 is 15.9 Å². The second kappa shape index (κ2) is 8.95. The summed E-state index contributed by atoms with van der Waals surface area (Å²) in [6.07, 6.45) is 2.22. The lowest BCUT2D eigenvalue weighted by Gasteiger charge is -2.51. The van der Waals surface area contributed by atoms with Crippen LogP contribution >= 0.6 is 7.92 Å². The fourth-order valence-electron chi connectivity index (χ4n) is 4.63. The van der Waals surface area contributed by atoms with Crippen molar-refractivity contribution in [2.45, 2.75) is 51.6 Å². The fraction of sp³-hybridized carbons (Fsp3) is 0.458. The van der Waals surface area contributed by atoms with E-state index in [1.807, 2.05) is 36.4 Å². The summed E-state index contributed by atoms with van der Waals surface area (Å²) in [6.45, 7) is 8.91. The number of amides is 1. The van der Waals surface area contributed by atoms with Crippen molar-refractivity contribution in [3.63, 3.8) is 0 Å². The van der Waals surface area contributed by atoms with Gasteiger partial charge in [0.05, 0.1) is 6.16 Å². The summed E-state index contributed by atoms with van der Waals surface area (Å²) in [7, 11) is -0.725. The maximum Gasteiger partial charge on any atom is 0.224 e. The zero-order valence-corrected chi connectivity index (χ0v) is 18.8. The normalized spacial score (nSPS) is 19.2. The monoisotopic (exact) mass is 412 g/mol. The number of carbonyl (C=O) groups excluding carboxylic acids is 1. The number of hydrogen-bond acceptors (Lipinski definition) is 3. The molecule has 0 bridgehead atoms. The standard InChI is InChI=1S/C24H33N2O2P/c1-23(2)15-19(16-24(3,4)26(23)28)17-25-22(27)18-29(20-11-7-5-8-12-20)21-13-9-6-10-14-21/h5-14,19,28H,15-18H2,1-4H3,(H,25,27). The van der Waals surface area contributed by atoms with E-state index in [0.29, 0.717) is 18.6 Å². The lowest BCUT2D eigenvalue weighted by atomic mass is 9.75. The van der Waals surface area contributed by atoms with Crippen molar-refractivity contribution in [2.75, 3.05) is 12.7 Å². The molecule has 1 saturated heterocycles. The molecule has 0 atom stereocenters. The molecule has 1 aliphatic rings. The predicted octanol–water partition coefficient (Wildman–Crippen LogP) is 3.89. The van der Waals surface area contributed by atoms with Crippen LogP contribution in [0.1, 0.15) is 40.5 Å². The molecule has 1 aliphatic heterocycles. The van der Waals surface area contributed by atoms with E-state index in [-0.39, 0.29) is 17.0 Å². The first kappa shape index (κ1) is 22.0. The largest absolute Gasteiger partial charge is 0.355 e. The van der Waals surface area contributed by atoms with E-state index >= 15 is 0 Å². The minimum Gasteiger partial charge on any atom is -0.355 e. The molecule has 1 amide bonds. The molecule has 0 unspecified atom stereocenters. The minimum atomic E-state index is -0.725. The Bertz CT molecular complexity index is 751. The number of nitrogens with one attached hydrogen (secondary N) is 1. The SMILES string of the molecule is CC1(C)CC(CNC(=O)CP(c2ccccc2)c2ccccc2)CC(C)(C)N1O. The van der Waals surface area contributed by atoms with Gasteiger partial charge in [-0.15, -0.1) is 0 Å². The second-order valence-electron chi connectivity index (χ2n) is 9.27. The number of piperidine rings is 1. The van der Waals surface area contributed by atoms with Gasteiger partial charge in [0.15, 0.2) is 0 Å². The van der Waals surface area contributed by atoms with Gasteiger partial charge in [-0.05, 0) is 65.0 Å². The molecule has 4 nitrogen and oxygen atoms in total. The van der Waals surface area contributed by atoms with Gasteiger partial charge in [0, 0.05) is 17.6 Å². The number of carbonyl (C=O) groups is 1. The Labute approximate surface area is 176 Å². The zero-order valence-electron chi connectivity index (χ0n) is 17.9. The van der Waals surface area contributed by atoms with E-state index in [2.05, 4.69) is 57.3 Å². The first-order valence-corrected chi connectivity index (χ1v) is 11.9. The third-order valence-electron chi connectivity index (χ3n) is 5.75. The summed E-state index contributed by atoms with van der Waals surface area (Å²) in [4.78, 5) is 12.9. The molecule has 0 aromatic heterocycles. The van der Waals surface area contributed by atoms with E-state index < -0.39 is 7.92 Å². The summed E-state index contributed by atoms with van der Waals surface area (Å²) >= 11 is 0. The molecular weight excluding hydrogens is 379 g/mol. The minimum absolute atomic E-state index is 0.103. The lowest BCUT2D eigenvalue weighted by Crippen LogP contribution is -2.60. The smallest absolute Gasteiger partial charge is 0.224 e. The predicted molar refractivity (Wildman–Crippen MR) is 121 cm³/mol. The molecule has 2 aromatic carbocycles. The third kappa shape index (κ3) is 5.45. The average molecular weight is 413 g/mol. The van der Waals surface area contributed by atoms with E-state index in [9.17, 15) is 10.0 Å². The van der Waals surface area contributed by atoms with Crippen molar-refractivity contribution in [1.82, 2.24) is 10.4 Å². The van der Waals surface area contributed by atoms with Crippen LogP contribution in [0.4, 0.5) is 0 Å². The first-order valence-electron chi connectivity index (χ1n) is 10.3. The van der Waals surface area contributed by atoms with Gasteiger partial charge in [-0.25, -0.2) is 0 Å². The van der Waals surface area contributed by atoms with Crippen LogP contribution in [-0.2, 0) is 4.79 Å². The highest BCUT2D eigenvalue weighted by atomic mass is 31.1. The second-order valence-corrected chi connectivity index (χ2v) is 11.5. The molecule has 1 heterocycles. The molecule has 2 aromatic rings. The molecule has 2 N–H and O–H groups in total. The first-order chi connectivity index (χ1) is 13.7. The Morgan fingerprint density at radius 1 is 0.966 bits per heavy atom. The van der Waals surface area contributed by atoms with E-state index in [1.165, 1.54) is 15.7 Å². The molecule has 156 valence electrons. The number of rotatable bonds is 6. The molecule has 0 radical (unpaired) electrons. The van der Waals surface area contributed by atoms with Crippen LogP contribution in [0, 0.1) is 5.92 Å². The third-order valence-corrected chi connectivity index (χ3v) is 8.19. The van der Waals surface area contributed by atoms with Gasteiger partial charge in [0.25, 0.3) is 0 Å². The maximum absolute atomic E-state index is 12.9. The number of nitrogens with zero attached hydrogens (tertiary/aromatic N) is 1. The van der Waals surface area contributed by atoms with Crippen molar-refractivity contribution in [3.05, 3.63) is 60.7 Å². The van der Waals surface area contributed by atoms with E-state index in [4.69, 9.17) is 0 Å². The van der Waals surface area contributed by atoms with Crippen LogP contribution in [0.5, 0.6) is 0 Å². The van der Waals surface area contributed by atoms with Crippen molar-refractivity contribution in [2.24, 2.45) is 5.92 Å². The summed E-state index contributed by atoms with van der Waals surface area (Å²) in [5.74, 6) is 0.456. The van der Waals surface area contributed by atoms with Crippen molar-refractivity contribution in [3.8, 4) is 0 Å². The molecule has 29 heavy (non-hydrogen) atoms. The Hall–Kier alpha value is -1.74. The summed E-state index contributed by atoms with van der Waals surface area (Å²) in [5.41, 5.74) is -0.588. The zero-order chi connectivity index (χ0) is 21.1. The summed E-state index contributed by atoms with van der Waals surface area (Å²) in [5, 5.41) is 17.6. The van der Waals surface area contributed by atoms with Crippen molar-refractivity contribution >= 4 is 24.4 Å². The number of benzene rings is 2. The van der Waals surface area contributed by atoms with Crippen molar-refractivity contribution < 1.29 is 10.0 Å². The van der Waals surface area contributed by atoms with Crippen LogP contribution in [0.2, 0.25) is 0 Å². The highest BCUT2D eigenvalue weighted by Gasteiger charge is 2.44. The number of hydrogen-bond donors (Lipinski definition) is 2. The van der Waals surface area contributed by atoms with Gasteiger partial charge < -0.3 is 10.5 Å². The molecular formula is C24H33N2O2P. The number of hydroxylamine groups is 2. The highest BCUT2D eigenvalue weighted by molar-refractivity contribution is 7.73. The van der Waals surface area contributed by atoms with E-state index in [0.717, 1.165) is 12.8 Å². The lowest BCUT2D eigenvalue weighted by molar-refractivity contribution is -0.250. The van der Waals surface area contributed by atoms with Crippen molar-refractivity contribution in [1.29, 1.82) is 0 Å². The Morgan fingerprint density at radius 3 is 1.86 bits per heavy atom. The van der Waals surface area contributed by atoms with E-state index in [1.54, 1.807) is 0 Å². The fourth-order valence-corrected chi connectivity index (χ4v) is 6.75. The summed E-state index contributed by atoms with van der Waals surface area (Å²) in [6, 6.07) is 20.7. The van der Waals surface area contributed by atoms with Crippen LogP contribution in [0.25, 0.3) is 0 Å². The average Bonchev–Trinajstić information content (AvgIpc) is 2.69. The molecule has 5 heteroatoms. The topological polar surface area (TPSA) is 52.6 Å². The maximum atomic E-state index is 12.9. The van der Waals surface area contributed by atoms with Crippen LogP contribution in [0.15, 0.2) is 60.7 Å². The van der Waals surface area contributed by atoms with Crippen LogP contribution in [0.3, 0.4) is 0 Å². The quantitative estimate of drug-likeness (QED) is 0.708. The van der Waals surface area contributed by atoms with Crippen LogP contribution in [-0.4, -0.2) is 40.0 Å². The molecule has 3 rings (SSSR count). The Kier molecular flexibility index (Phi) is 6.78. The molecule has 0 spiro atoms. The molecule has 0 saturated carbocycles. The van der Waals surface area contributed by atoms with Gasteiger partial charge in [-0.3, -0.25) is 4.79 Å². The van der Waals surface area contributed by atoms with Gasteiger partial charge >= 0.3 is 0 Å². The van der Waals surface area contributed by atoms with Gasteiger partial charge in [0.2, 0.25) is 5.91 Å². The van der Waals surface area contributed by atoms with Gasteiger partial charge in [0.1, 0.15) is 0 Å². The Morgan fingerprint density at radius 2 is 1.41 bits per heavy atom.